The van der Waals surface area contributed by atoms with Crippen LogP contribution in [0.1, 0.15) is 49.5 Å². The van der Waals surface area contributed by atoms with Gasteiger partial charge in [0.2, 0.25) is 0 Å². The number of hydrogen-bond donors (Lipinski definition) is 2. The second-order valence-electron chi connectivity index (χ2n) is 5.18. The molecule has 0 saturated heterocycles. The van der Waals surface area contributed by atoms with Crippen molar-refractivity contribution in [1.29, 1.82) is 0 Å². The van der Waals surface area contributed by atoms with Crippen LogP contribution in [0.4, 0.5) is 5.82 Å². The Morgan fingerprint density at radius 1 is 1.37 bits per heavy atom. The fourth-order valence-corrected chi connectivity index (χ4v) is 2.17. The highest BCUT2D eigenvalue weighted by Gasteiger charge is 2.17. The Morgan fingerprint density at radius 2 is 2.21 bits per heavy atom. The number of carbonyl (C=O) groups excluding carboxylic acids is 1. The number of hydrogen-bond acceptors (Lipinski definition) is 3. The zero-order chi connectivity index (χ0) is 13.5. The van der Waals surface area contributed by atoms with Gasteiger partial charge in [-0.05, 0) is 30.9 Å². The van der Waals surface area contributed by atoms with Gasteiger partial charge in [-0.3, -0.25) is 4.79 Å². The van der Waals surface area contributed by atoms with Crippen LogP contribution in [0, 0.1) is 5.92 Å². The summed E-state index contributed by atoms with van der Waals surface area (Å²) in [4.78, 5) is 16.3. The Bertz CT molecular complexity index is 416. The van der Waals surface area contributed by atoms with Gasteiger partial charge in [-0.1, -0.05) is 32.3 Å². The molecule has 0 radical (unpaired) electrons. The highest BCUT2D eigenvalue weighted by molar-refractivity contribution is 5.92. The van der Waals surface area contributed by atoms with Crippen molar-refractivity contribution >= 4 is 11.7 Å². The standard InChI is InChI=1S/C15H23N3O/c1-2-10-16-14-8-4-7-13(18-14)15(19)17-11-9-12-5-3-6-12/h4,7-8,12H,2-3,5-6,9-11H2,1H3,(H,16,18)(H,17,19). The lowest BCUT2D eigenvalue weighted by Crippen LogP contribution is -2.28. The topological polar surface area (TPSA) is 54.0 Å². The minimum atomic E-state index is -0.0699. The normalized spacial score (nSPS) is 14.8. The number of carbonyl (C=O) groups is 1. The van der Waals surface area contributed by atoms with E-state index in [0.717, 1.165) is 37.7 Å². The lowest BCUT2D eigenvalue weighted by Gasteiger charge is -2.25. The molecule has 0 bridgehead atoms. The molecular weight excluding hydrogens is 238 g/mol. The van der Waals surface area contributed by atoms with Gasteiger partial charge in [0.25, 0.3) is 5.91 Å². The number of nitrogens with one attached hydrogen (secondary N) is 2. The predicted octanol–water partition coefficient (Wildman–Crippen LogP) is 2.82. The maximum absolute atomic E-state index is 12.0. The summed E-state index contributed by atoms with van der Waals surface area (Å²) in [5, 5.41) is 6.14. The van der Waals surface area contributed by atoms with Crippen LogP contribution >= 0.6 is 0 Å². The van der Waals surface area contributed by atoms with Gasteiger partial charge in [-0.15, -0.1) is 0 Å². The van der Waals surface area contributed by atoms with Crippen LogP contribution in [-0.4, -0.2) is 24.0 Å². The summed E-state index contributed by atoms with van der Waals surface area (Å²) in [6.45, 7) is 3.74. The molecule has 1 fully saturated rings. The van der Waals surface area contributed by atoms with Crippen LogP contribution in [0.5, 0.6) is 0 Å². The van der Waals surface area contributed by atoms with E-state index in [2.05, 4.69) is 22.5 Å². The molecular formula is C15H23N3O. The van der Waals surface area contributed by atoms with Crippen LogP contribution in [-0.2, 0) is 0 Å². The number of pyridine rings is 1. The van der Waals surface area contributed by atoms with Crippen LogP contribution < -0.4 is 10.6 Å². The maximum atomic E-state index is 12.0. The molecule has 1 aromatic rings. The molecule has 4 heteroatoms. The van der Waals surface area contributed by atoms with Crippen molar-refractivity contribution in [2.75, 3.05) is 18.4 Å². The second kappa shape index (κ2) is 7.12. The Labute approximate surface area is 115 Å². The zero-order valence-electron chi connectivity index (χ0n) is 11.6. The fourth-order valence-electron chi connectivity index (χ4n) is 2.17. The molecule has 1 aliphatic rings. The number of anilines is 1. The molecule has 1 aromatic heterocycles. The van der Waals surface area contributed by atoms with E-state index in [-0.39, 0.29) is 5.91 Å². The summed E-state index contributed by atoms with van der Waals surface area (Å²) in [6.07, 6.45) is 6.14. The average molecular weight is 261 g/mol. The molecule has 0 aliphatic heterocycles. The SMILES string of the molecule is CCCNc1cccc(C(=O)NCCC2CCC2)n1. The van der Waals surface area contributed by atoms with Crippen LogP contribution in [0.25, 0.3) is 0 Å². The average Bonchev–Trinajstić information content (AvgIpc) is 2.39. The number of amides is 1. The Balaban J connectivity index is 1.79. The van der Waals surface area contributed by atoms with Gasteiger partial charge in [0.1, 0.15) is 11.5 Å². The van der Waals surface area contributed by atoms with Crippen LogP contribution in [0.3, 0.4) is 0 Å². The monoisotopic (exact) mass is 261 g/mol. The van der Waals surface area contributed by atoms with Gasteiger partial charge in [0, 0.05) is 13.1 Å². The quantitative estimate of drug-likeness (QED) is 0.793. The van der Waals surface area contributed by atoms with Gasteiger partial charge in [0.05, 0.1) is 0 Å². The predicted molar refractivity (Wildman–Crippen MR) is 77.3 cm³/mol. The van der Waals surface area contributed by atoms with Crippen molar-refractivity contribution in [2.24, 2.45) is 5.92 Å². The zero-order valence-corrected chi connectivity index (χ0v) is 11.6. The summed E-state index contributed by atoms with van der Waals surface area (Å²) >= 11 is 0. The first-order valence-corrected chi connectivity index (χ1v) is 7.28. The van der Waals surface area contributed by atoms with Crippen LogP contribution in [0.2, 0.25) is 0 Å². The van der Waals surface area contributed by atoms with E-state index in [9.17, 15) is 4.79 Å². The van der Waals surface area contributed by atoms with Gasteiger partial charge in [-0.25, -0.2) is 4.98 Å². The van der Waals surface area contributed by atoms with Crippen molar-refractivity contribution in [3.8, 4) is 0 Å². The lowest BCUT2D eigenvalue weighted by atomic mass is 9.83. The Hall–Kier alpha value is -1.58. The first kappa shape index (κ1) is 13.8. The molecule has 1 heterocycles. The summed E-state index contributed by atoms with van der Waals surface area (Å²) in [6, 6.07) is 5.52. The first-order valence-electron chi connectivity index (χ1n) is 7.28. The Morgan fingerprint density at radius 3 is 2.89 bits per heavy atom. The molecule has 4 nitrogen and oxygen atoms in total. The molecule has 0 aromatic carbocycles. The number of aromatic nitrogens is 1. The van der Waals surface area contributed by atoms with E-state index in [1.807, 2.05) is 12.1 Å². The van der Waals surface area contributed by atoms with Crippen LogP contribution in [0.15, 0.2) is 18.2 Å². The summed E-state index contributed by atoms with van der Waals surface area (Å²) < 4.78 is 0. The smallest absolute Gasteiger partial charge is 0.269 e. The number of nitrogens with zero attached hydrogens (tertiary/aromatic N) is 1. The highest BCUT2D eigenvalue weighted by Crippen LogP contribution is 2.28. The van der Waals surface area contributed by atoms with E-state index in [1.165, 1.54) is 19.3 Å². The molecule has 1 aliphatic carbocycles. The van der Waals surface area contributed by atoms with Crippen molar-refractivity contribution < 1.29 is 4.79 Å². The van der Waals surface area contributed by atoms with E-state index in [4.69, 9.17) is 0 Å². The summed E-state index contributed by atoms with van der Waals surface area (Å²) in [5.41, 5.74) is 0.495. The van der Waals surface area contributed by atoms with E-state index >= 15 is 0 Å². The molecule has 1 saturated carbocycles. The van der Waals surface area contributed by atoms with Gasteiger partial charge in [0.15, 0.2) is 0 Å². The molecule has 1 amide bonds. The van der Waals surface area contributed by atoms with Crippen molar-refractivity contribution in [3.05, 3.63) is 23.9 Å². The minimum absolute atomic E-state index is 0.0699. The van der Waals surface area contributed by atoms with Crippen molar-refractivity contribution in [1.82, 2.24) is 10.3 Å². The van der Waals surface area contributed by atoms with Crippen molar-refractivity contribution in [3.63, 3.8) is 0 Å². The molecule has 104 valence electrons. The van der Waals surface area contributed by atoms with Gasteiger partial charge in [-0.2, -0.15) is 0 Å². The van der Waals surface area contributed by atoms with Crippen molar-refractivity contribution in [2.45, 2.75) is 39.0 Å². The second-order valence-corrected chi connectivity index (χ2v) is 5.18. The molecule has 0 spiro atoms. The molecule has 19 heavy (non-hydrogen) atoms. The fraction of sp³-hybridized carbons (Fsp3) is 0.600. The molecule has 0 atom stereocenters. The third-order valence-corrected chi connectivity index (χ3v) is 3.60. The largest absolute Gasteiger partial charge is 0.370 e. The maximum Gasteiger partial charge on any atom is 0.269 e. The van der Waals surface area contributed by atoms with Gasteiger partial charge >= 0.3 is 0 Å². The van der Waals surface area contributed by atoms with E-state index in [1.54, 1.807) is 6.07 Å². The summed E-state index contributed by atoms with van der Waals surface area (Å²) in [7, 11) is 0. The molecule has 2 rings (SSSR count). The molecule has 2 N–H and O–H groups in total. The Kier molecular flexibility index (Phi) is 5.19. The summed E-state index contributed by atoms with van der Waals surface area (Å²) in [5.74, 6) is 1.53. The first-order chi connectivity index (χ1) is 9.29. The minimum Gasteiger partial charge on any atom is -0.370 e. The van der Waals surface area contributed by atoms with E-state index in [0.29, 0.717) is 5.69 Å². The van der Waals surface area contributed by atoms with E-state index < -0.39 is 0 Å². The lowest BCUT2D eigenvalue weighted by molar-refractivity contribution is 0.0944. The molecule has 0 unspecified atom stereocenters. The third-order valence-electron chi connectivity index (χ3n) is 3.60. The number of rotatable bonds is 7. The highest BCUT2D eigenvalue weighted by atomic mass is 16.1. The van der Waals surface area contributed by atoms with Gasteiger partial charge < -0.3 is 10.6 Å². The third kappa shape index (κ3) is 4.23.